The summed E-state index contributed by atoms with van der Waals surface area (Å²) in [7, 11) is 1.33. The molecule has 1 rings (SSSR count). The van der Waals surface area contributed by atoms with Crippen LogP contribution in [-0.2, 0) is 0 Å². The van der Waals surface area contributed by atoms with Crippen molar-refractivity contribution in [3.63, 3.8) is 0 Å². The first-order chi connectivity index (χ1) is 7.99. The molecule has 0 aromatic heterocycles. The summed E-state index contributed by atoms with van der Waals surface area (Å²) in [6.07, 6.45) is 0. The monoisotopic (exact) mass is 244 g/mol. The van der Waals surface area contributed by atoms with Gasteiger partial charge in [-0.3, -0.25) is 10.1 Å². The maximum Gasteiger partial charge on any atom is 0.327 e. The second kappa shape index (κ2) is 5.44. The second-order valence-corrected chi connectivity index (χ2v) is 3.49. The van der Waals surface area contributed by atoms with Gasteiger partial charge in [0.05, 0.1) is 18.6 Å². The van der Waals surface area contributed by atoms with Crippen molar-refractivity contribution < 1.29 is 19.2 Å². The van der Waals surface area contributed by atoms with Crippen LogP contribution in [0.5, 0.6) is 5.75 Å². The Balaban J connectivity index is 3.22. The summed E-state index contributed by atoms with van der Waals surface area (Å²) in [5.41, 5.74) is -0.681. The molecule has 0 radical (unpaired) electrons. The molecule has 0 aliphatic heterocycles. The lowest BCUT2D eigenvalue weighted by Crippen LogP contribution is -2.20. The molecule has 6 nitrogen and oxygen atoms in total. The highest BCUT2D eigenvalue weighted by Crippen LogP contribution is 2.32. The van der Waals surface area contributed by atoms with E-state index in [1.165, 1.54) is 13.2 Å². The second-order valence-electron chi connectivity index (χ2n) is 3.49. The Morgan fingerprint density at radius 1 is 1.65 bits per heavy atom. The molecule has 1 aromatic carbocycles. The number of aliphatic hydroxyl groups excluding tert-OH is 1. The number of hydrogen-bond acceptors (Lipinski definition) is 5. The Morgan fingerprint density at radius 3 is 2.76 bits per heavy atom. The van der Waals surface area contributed by atoms with Gasteiger partial charge >= 0.3 is 5.69 Å². The number of rotatable bonds is 5. The average Bonchev–Trinajstić information content (AvgIpc) is 2.27. The van der Waals surface area contributed by atoms with E-state index >= 15 is 0 Å². The van der Waals surface area contributed by atoms with Crippen LogP contribution in [0.2, 0.25) is 0 Å². The first-order valence-corrected chi connectivity index (χ1v) is 4.89. The molecule has 0 fully saturated rings. The molecular weight excluding hydrogens is 231 g/mol. The maximum absolute atomic E-state index is 13.5. The van der Waals surface area contributed by atoms with Gasteiger partial charge in [-0.05, 0) is 6.92 Å². The van der Waals surface area contributed by atoms with Crippen LogP contribution < -0.4 is 10.1 Å². The number of hydrogen-bond donors (Lipinski definition) is 2. The maximum atomic E-state index is 13.5. The number of halogens is 1. The van der Waals surface area contributed by atoms with Gasteiger partial charge < -0.3 is 15.2 Å². The summed E-state index contributed by atoms with van der Waals surface area (Å²) in [5, 5.41) is 22.2. The van der Waals surface area contributed by atoms with E-state index in [-0.39, 0.29) is 18.0 Å². The highest BCUT2D eigenvalue weighted by atomic mass is 19.1. The van der Waals surface area contributed by atoms with Gasteiger partial charge in [-0.15, -0.1) is 0 Å². The summed E-state index contributed by atoms with van der Waals surface area (Å²) in [6, 6.07) is 1.82. The minimum absolute atomic E-state index is 0.0200. The van der Waals surface area contributed by atoms with Crippen molar-refractivity contribution in [2.75, 3.05) is 19.0 Å². The van der Waals surface area contributed by atoms with Crippen molar-refractivity contribution in [3.8, 4) is 5.75 Å². The number of nitro benzene ring substituents is 1. The van der Waals surface area contributed by atoms with Gasteiger partial charge in [0.2, 0.25) is 5.82 Å². The van der Waals surface area contributed by atoms with Crippen LogP contribution in [-0.4, -0.2) is 29.8 Å². The summed E-state index contributed by atoms with van der Waals surface area (Å²) < 4.78 is 18.3. The van der Waals surface area contributed by atoms with Gasteiger partial charge in [-0.2, -0.15) is 4.39 Å². The summed E-state index contributed by atoms with van der Waals surface area (Å²) >= 11 is 0. The van der Waals surface area contributed by atoms with Crippen LogP contribution in [0.25, 0.3) is 0 Å². The van der Waals surface area contributed by atoms with E-state index in [1.54, 1.807) is 6.92 Å². The standard InChI is InChI=1S/C10H13FN2O4/c1-6(5-14)12-9-4-7(17-2)3-8(11)10(9)13(15)16/h3-4,6,12,14H,5H2,1-2H3/t6-/m0/s1. The normalized spacial score (nSPS) is 12.0. The number of nitrogens with zero attached hydrogens (tertiary/aromatic N) is 1. The number of benzene rings is 1. The van der Waals surface area contributed by atoms with Gasteiger partial charge in [-0.25, -0.2) is 0 Å². The number of nitrogens with one attached hydrogen (secondary N) is 1. The van der Waals surface area contributed by atoms with Crippen LogP contribution in [0.3, 0.4) is 0 Å². The van der Waals surface area contributed by atoms with E-state index in [1.807, 2.05) is 0 Å². The van der Waals surface area contributed by atoms with Crippen molar-refractivity contribution in [2.24, 2.45) is 0 Å². The van der Waals surface area contributed by atoms with Gasteiger partial charge in [0.15, 0.2) is 0 Å². The molecule has 94 valence electrons. The molecule has 0 saturated heterocycles. The number of nitro groups is 1. The van der Waals surface area contributed by atoms with Gasteiger partial charge in [0, 0.05) is 18.2 Å². The molecular formula is C10H13FN2O4. The quantitative estimate of drug-likeness (QED) is 0.606. The Hall–Kier alpha value is -1.89. The Bertz CT molecular complexity index is 425. The average molecular weight is 244 g/mol. The zero-order valence-electron chi connectivity index (χ0n) is 9.44. The number of anilines is 1. The van der Waals surface area contributed by atoms with Crippen molar-refractivity contribution in [3.05, 3.63) is 28.1 Å². The third kappa shape index (κ3) is 3.04. The van der Waals surface area contributed by atoms with Gasteiger partial charge in [0.1, 0.15) is 11.4 Å². The molecule has 1 atom stereocenters. The molecule has 17 heavy (non-hydrogen) atoms. The van der Waals surface area contributed by atoms with E-state index in [9.17, 15) is 14.5 Å². The highest BCUT2D eigenvalue weighted by molar-refractivity contribution is 5.65. The third-order valence-corrected chi connectivity index (χ3v) is 2.13. The van der Waals surface area contributed by atoms with Crippen LogP contribution >= 0.6 is 0 Å². The predicted octanol–water partition coefficient (Wildman–Crippen LogP) is 1.54. The SMILES string of the molecule is COc1cc(F)c([N+](=O)[O-])c(N[C@@H](C)CO)c1. The third-order valence-electron chi connectivity index (χ3n) is 2.13. The molecule has 0 bridgehead atoms. The minimum atomic E-state index is -0.984. The van der Waals surface area contributed by atoms with Crippen molar-refractivity contribution in [1.29, 1.82) is 0 Å². The van der Waals surface area contributed by atoms with E-state index in [4.69, 9.17) is 9.84 Å². The summed E-state index contributed by atoms with van der Waals surface area (Å²) in [6.45, 7) is 1.39. The lowest BCUT2D eigenvalue weighted by atomic mass is 10.2. The van der Waals surface area contributed by atoms with E-state index in [0.717, 1.165) is 6.07 Å². The Morgan fingerprint density at radius 2 is 2.29 bits per heavy atom. The fraction of sp³-hybridized carbons (Fsp3) is 0.400. The van der Waals surface area contributed by atoms with Crippen LogP contribution in [0, 0.1) is 15.9 Å². The topological polar surface area (TPSA) is 84.6 Å². The van der Waals surface area contributed by atoms with Crippen LogP contribution in [0.15, 0.2) is 12.1 Å². The summed E-state index contributed by atoms with van der Waals surface area (Å²) in [5.74, 6) is -0.817. The molecule has 1 aromatic rings. The molecule has 2 N–H and O–H groups in total. The van der Waals surface area contributed by atoms with Crippen molar-refractivity contribution >= 4 is 11.4 Å². The lowest BCUT2D eigenvalue weighted by molar-refractivity contribution is -0.386. The number of methoxy groups -OCH3 is 1. The fourth-order valence-electron chi connectivity index (χ4n) is 1.30. The molecule has 0 heterocycles. The zero-order chi connectivity index (χ0) is 13.0. The fourth-order valence-corrected chi connectivity index (χ4v) is 1.30. The predicted molar refractivity (Wildman–Crippen MR) is 59.8 cm³/mol. The smallest absolute Gasteiger partial charge is 0.327 e. The molecule has 0 spiro atoms. The minimum Gasteiger partial charge on any atom is -0.497 e. The first-order valence-electron chi connectivity index (χ1n) is 4.89. The van der Waals surface area contributed by atoms with Crippen LogP contribution in [0.4, 0.5) is 15.8 Å². The number of aliphatic hydroxyl groups is 1. The number of ether oxygens (including phenoxy) is 1. The van der Waals surface area contributed by atoms with Crippen LogP contribution in [0.1, 0.15) is 6.92 Å². The molecule has 0 saturated carbocycles. The molecule has 7 heteroatoms. The molecule has 0 aliphatic rings. The molecule has 0 aliphatic carbocycles. The summed E-state index contributed by atoms with van der Waals surface area (Å²) in [4.78, 5) is 9.92. The highest BCUT2D eigenvalue weighted by Gasteiger charge is 2.22. The Labute approximate surface area is 97.2 Å². The van der Waals surface area contributed by atoms with E-state index in [0.29, 0.717) is 0 Å². The van der Waals surface area contributed by atoms with Crippen molar-refractivity contribution in [2.45, 2.75) is 13.0 Å². The Kier molecular flexibility index (Phi) is 4.22. The van der Waals surface area contributed by atoms with E-state index < -0.39 is 22.5 Å². The largest absolute Gasteiger partial charge is 0.497 e. The lowest BCUT2D eigenvalue weighted by Gasteiger charge is -2.13. The molecule has 0 unspecified atom stereocenters. The molecule has 0 amide bonds. The first kappa shape index (κ1) is 13.2. The van der Waals surface area contributed by atoms with Gasteiger partial charge in [0.25, 0.3) is 0 Å². The zero-order valence-corrected chi connectivity index (χ0v) is 9.44. The van der Waals surface area contributed by atoms with Crippen molar-refractivity contribution in [1.82, 2.24) is 0 Å². The van der Waals surface area contributed by atoms with Gasteiger partial charge in [-0.1, -0.05) is 0 Å². The van der Waals surface area contributed by atoms with E-state index in [2.05, 4.69) is 5.32 Å².